The molecule has 0 aromatic heterocycles. The molecule has 0 amide bonds. The largest absolute Gasteiger partial charge is 0.508 e. The Morgan fingerprint density at radius 2 is 0.742 bits per heavy atom. The Balaban J connectivity index is 0.000000275. The molecule has 62 heavy (non-hydrogen) atoms. The van der Waals surface area contributed by atoms with Crippen LogP contribution in [-0.2, 0) is 42.3 Å². The number of benzene rings is 6. The van der Waals surface area contributed by atoms with E-state index in [9.17, 15) is 39.0 Å². The molecule has 15 heteroatoms. The van der Waals surface area contributed by atoms with E-state index in [4.69, 9.17) is 28.4 Å². The second-order valence-electron chi connectivity index (χ2n) is 12.9. The zero-order valence-electron chi connectivity index (χ0n) is 33.5. The molecule has 0 bridgehead atoms. The van der Waals surface area contributed by atoms with E-state index in [1.807, 2.05) is 0 Å². The molecular formula is C47H37O14Y-. The maximum absolute atomic E-state index is 12.4. The van der Waals surface area contributed by atoms with Crippen LogP contribution < -0.4 is 28.4 Å². The van der Waals surface area contributed by atoms with Crippen molar-refractivity contribution in [2.24, 2.45) is 0 Å². The van der Waals surface area contributed by atoms with Gasteiger partial charge in [-0.1, -0.05) is 6.92 Å². The zero-order chi connectivity index (χ0) is 44.1. The molecule has 2 N–H and O–H groups in total. The van der Waals surface area contributed by atoms with Crippen molar-refractivity contribution < 1.29 is 100 Å². The van der Waals surface area contributed by atoms with Crippen LogP contribution in [0.4, 0.5) is 0 Å². The van der Waals surface area contributed by atoms with Gasteiger partial charge in [-0.25, -0.2) is 19.2 Å². The number of hydrogen-bond acceptors (Lipinski definition) is 14. The van der Waals surface area contributed by atoms with Crippen molar-refractivity contribution in [1.82, 2.24) is 0 Å². The van der Waals surface area contributed by atoms with E-state index in [0.29, 0.717) is 45.3 Å². The fourth-order valence-corrected chi connectivity index (χ4v) is 5.10. The van der Waals surface area contributed by atoms with E-state index >= 15 is 0 Å². The molecule has 0 aliphatic carbocycles. The second kappa shape index (κ2) is 22.4. The number of carbonyl (C=O) groups excluding carboxylic acids is 6. The summed E-state index contributed by atoms with van der Waals surface area (Å²) in [7, 11) is 0. The number of phenolic OH excluding ortho intramolecular Hbond substituents is 2. The van der Waals surface area contributed by atoms with Crippen LogP contribution in [0.5, 0.6) is 46.0 Å². The molecule has 0 aliphatic heterocycles. The third-order valence-electron chi connectivity index (χ3n) is 8.26. The predicted octanol–water partition coefficient (Wildman–Crippen LogP) is 8.33. The first kappa shape index (κ1) is 47.4. The Morgan fingerprint density at radius 1 is 0.435 bits per heavy atom. The smallest absolute Gasteiger partial charge is 0.343 e. The van der Waals surface area contributed by atoms with Crippen molar-refractivity contribution in [3.8, 4) is 46.0 Å². The average Bonchev–Trinajstić information content (AvgIpc) is 3.23. The van der Waals surface area contributed by atoms with Crippen LogP contribution >= 0.6 is 0 Å². The first-order valence-electron chi connectivity index (χ1n) is 18.3. The summed E-state index contributed by atoms with van der Waals surface area (Å²) in [5.41, 5.74) is 2.32. The van der Waals surface area contributed by atoms with Gasteiger partial charge in [0.2, 0.25) is 0 Å². The molecule has 6 rings (SSSR count). The molecule has 0 unspecified atom stereocenters. The molecule has 1 radical (unpaired) electrons. The Kier molecular flexibility index (Phi) is 17.1. The topological polar surface area (TPSA) is 198 Å². The fraction of sp³-hybridized carbons (Fsp3) is 0.0851. The fourth-order valence-electron chi connectivity index (χ4n) is 5.10. The Morgan fingerprint density at radius 3 is 1.06 bits per heavy atom. The average molecular weight is 915 g/mol. The number of esters is 6. The van der Waals surface area contributed by atoms with Crippen LogP contribution in [-0.4, -0.2) is 46.0 Å². The third-order valence-corrected chi connectivity index (χ3v) is 8.26. The molecule has 6 aromatic rings. The number of aromatic hydroxyl groups is 2. The summed E-state index contributed by atoms with van der Waals surface area (Å²) in [6.07, 6.45) is 0.245. The molecule has 0 fully saturated rings. The van der Waals surface area contributed by atoms with E-state index < -0.39 is 29.8 Å². The quantitative estimate of drug-likeness (QED) is 0.0714. The maximum atomic E-state index is 12.4. The molecule has 0 heterocycles. The molecule has 14 nitrogen and oxygen atoms in total. The SMILES string of the molecule is Cc1cc(OC(=O)c2ccc(O)cc2)ccc1OC(=O)c1ccc(O)cc1.[CH2-]C(=O)Oc1ccc(C(=O)Oc2ccc(OC(=O)c3ccc(OC(=O)CC)cc3)c(C)c2)cc1.[Y]. The van der Waals surface area contributed by atoms with Crippen molar-refractivity contribution in [2.45, 2.75) is 27.2 Å². The number of phenols is 2. The summed E-state index contributed by atoms with van der Waals surface area (Å²) in [6, 6.07) is 32.5. The van der Waals surface area contributed by atoms with Gasteiger partial charge in [-0.2, -0.15) is 0 Å². The van der Waals surface area contributed by atoms with Crippen molar-refractivity contribution in [1.29, 1.82) is 0 Å². The molecule has 0 spiro atoms. The van der Waals surface area contributed by atoms with Crippen LogP contribution in [0.25, 0.3) is 0 Å². The van der Waals surface area contributed by atoms with Gasteiger partial charge in [0, 0.05) is 39.1 Å². The summed E-state index contributed by atoms with van der Waals surface area (Å²) in [6.45, 7) is 8.22. The minimum absolute atomic E-state index is 0. The van der Waals surface area contributed by atoms with Crippen LogP contribution in [0.1, 0.15) is 65.9 Å². The zero-order valence-corrected chi connectivity index (χ0v) is 36.3. The standard InChI is InChI=1S/C26H21O8.C21H16O6.Y/c1-4-24(28)32-21-11-7-19(8-12-21)26(30)34-23-14-13-22(15-16(23)2)33-25(29)18-5-9-20(10-6-18)31-17(3)27;1-13-12-18(26-20(24)14-2-6-16(22)7-3-14)10-11-19(13)27-21(25)15-4-8-17(23)9-5-15;/h5-15H,3-4H2,1-2H3;2-12,22-23H,1H3;/q-1;;. The normalized spacial score (nSPS) is 10.0. The van der Waals surface area contributed by atoms with Crippen molar-refractivity contribution in [3.05, 3.63) is 174 Å². The van der Waals surface area contributed by atoms with E-state index in [1.54, 1.807) is 32.9 Å². The second-order valence-corrected chi connectivity index (χ2v) is 12.9. The first-order chi connectivity index (χ1) is 29.2. The summed E-state index contributed by atoms with van der Waals surface area (Å²) >= 11 is 0. The molecule has 0 saturated carbocycles. The monoisotopic (exact) mass is 914 g/mol. The molecule has 0 atom stereocenters. The summed E-state index contributed by atoms with van der Waals surface area (Å²) in [4.78, 5) is 71.3. The van der Waals surface area contributed by atoms with Gasteiger partial charge in [-0.3, -0.25) is 16.5 Å². The van der Waals surface area contributed by atoms with Gasteiger partial charge in [0.1, 0.15) is 46.0 Å². The molecule has 0 saturated heterocycles. The predicted molar refractivity (Wildman–Crippen MR) is 218 cm³/mol. The number of hydrogen-bond donors (Lipinski definition) is 2. The van der Waals surface area contributed by atoms with E-state index in [-0.39, 0.29) is 79.2 Å². The molecule has 0 aliphatic rings. The van der Waals surface area contributed by atoms with Crippen LogP contribution in [0.2, 0.25) is 0 Å². The number of ether oxygens (including phenoxy) is 6. The van der Waals surface area contributed by atoms with Gasteiger partial charge in [0.25, 0.3) is 0 Å². The first-order valence-corrected chi connectivity index (χ1v) is 18.3. The maximum Gasteiger partial charge on any atom is 0.343 e. The van der Waals surface area contributed by atoms with Crippen LogP contribution in [0.3, 0.4) is 0 Å². The van der Waals surface area contributed by atoms with E-state index in [2.05, 4.69) is 6.92 Å². The summed E-state index contributed by atoms with van der Waals surface area (Å²) in [5, 5.41) is 18.5. The Bertz CT molecular complexity index is 2550. The Hall–Kier alpha value is -7.29. The minimum Gasteiger partial charge on any atom is -0.508 e. The molecule has 6 aromatic carbocycles. The number of carbonyl (C=O) groups is 6. The summed E-state index contributed by atoms with van der Waals surface area (Å²) in [5.74, 6) is -1.51. The molecular weight excluding hydrogens is 877 g/mol. The van der Waals surface area contributed by atoms with Gasteiger partial charge in [-0.15, -0.1) is 0 Å². The van der Waals surface area contributed by atoms with Gasteiger partial charge < -0.3 is 38.6 Å². The van der Waals surface area contributed by atoms with Crippen molar-refractivity contribution in [3.63, 3.8) is 0 Å². The third kappa shape index (κ3) is 13.9. The number of aryl methyl sites for hydroxylation is 2. The van der Waals surface area contributed by atoms with E-state index in [0.717, 1.165) is 0 Å². The minimum atomic E-state index is -0.707. The molecule has 313 valence electrons. The summed E-state index contributed by atoms with van der Waals surface area (Å²) < 4.78 is 31.3. The van der Waals surface area contributed by atoms with Gasteiger partial charge >= 0.3 is 29.8 Å². The van der Waals surface area contributed by atoms with Crippen molar-refractivity contribution in [2.75, 3.05) is 0 Å². The number of rotatable bonds is 11. The van der Waals surface area contributed by atoms with E-state index in [1.165, 1.54) is 121 Å². The Labute approximate surface area is 380 Å². The van der Waals surface area contributed by atoms with Crippen molar-refractivity contribution >= 4 is 35.8 Å². The van der Waals surface area contributed by atoms with Gasteiger partial charge in [0.15, 0.2) is 5.97 Å². The van der Waals surface area contributed by atoms with Gasteiger partial charge in [0.05, 0.1) is 22.3 Å². The van der Waals surface area contributed by atoms with Crippen LogP contribution in [0, 0.1) is 20.8 Å². The van der Waals surface area contributed by atoms with Gasteiger partial charge in [-0.05, 0) is 158 Å². The van der Waals surface area contributed by atoms with Crippen LogP contribution in [0.15, 0.2) is 133 Å².